The third-order valence-electron chi connectivity index (χ3n) is 4.98. The van der Waals surface area contributed by atoms with Crippen molar-refractivity contribution >= 4 is 43.5 Å². The zero-order chi connectivity index (χ0) is 19.6. The molecule has 9 heteroatoms. The van der Waals surface area contributed by atoms with Crippen molar-refractivity contribution in [2.24, 2.45) is 5.92 Å². The minimum atomic E-state index is -1.07. The SMILES string of the molecule is Cc1c(F)c(F)c2[nH]ncc2c1-c1ccc2nc(NC(=O)[C@@H]3C[C@@H]3F)sc2c1. The molecular weight excluding hydrogens is 389 g/mol. The molecule has 2 aromatic carbocycles. The highest BCUT2D eigenvalue weighted by molar-refractivity contribution is 7.22. The number of anilines is 1. The van der Waals surface area contributed by atoms with E-state index < -0.39 is 23.7 Å². The Morgan fingerprint density at radius 3 is 2.86 bits per heavy atom. The van der Waals surface area contributed by atoms with Gasteiger partial charge in [0.05, 0.1) is 22.3 Å². The van der Waals surface area contributed by atoms with E-state index in [-0.39, 0.29) is 23.4 Å². The van der Waals surface area contributed by atoms with Crippen molar-refractivity contribution in [3.63, 3.8) is 0 Å². The van der Waals surface area contributed by atoms with Crippen molar-refractivity contribution in [3.05, 3.63) is 41.6 Å². The molecule has 1 amide bonds. The average Bonchev–Trinajstić information content (AvgIpc) is 3.06. The van der Waals surface area contributed by atoms with Crippen LogP contribution in [-0.2, 0) is 4.79 Å². The number of H-pyrrole nitrogens is 1. The van der Waals surface area contributed by atoms with E-state index in [4.69, 9.17) is 0 Å². The number of fused-ring (bicyclic) bond motifs is 2. The molecular formula is C19H13F3N4OS. The van der Waals surface area contributed by atoms with Crippen LogP contribution in [0.5, 0.6) is 0 Å². The number of aromatic amines is 1. The van der Waals surface area contributed by atoms with Crippen LogP contribution >= 0.6 is 11.3 Å². The number of nitrogens with zero attached hydrogens (tertiary/aromatic N) is 2. The van der Waals surface area contributed by atoms with Crippen molar-refractivity contribution in [1.82, 2.24) is 15.2 Å². The predicted octanol–water partition coefficient (Wildman–Crippen LogP) is 4.72. The molecule has 1 aliphatic rings. The Balaban J connectivity index is 1.58. The second-order valence-corrected chi connectivity index (χ2v) is 7.87. The molecule has 28 heavy (non-hydrogen) atoms. The molecule has 142 valence electrons. The van der Waals surface area contributed by atoms with Gasteiger partial charge in [0, 0.05) is 5.39 Å². The Kier molecular flexibility index (Phi) is 3.70. The molecule has 1 saturated carbocycles. The van der Waals surface area contributed by atoms with Gasteiger partial charge in [-0.1, -0.05) is 17.4 Å². The van der Waals surface area contributed by atoms with Crippen LogP contribution in [-0.4, -0.2) is 27.3 Å². The van der Waals surface area contributed by atoms with Crippen LogP contribution in [0.1, 0.15) is 12.0 Å². The summed E-state index contributed by atoms with van der Waals surface area (Å²) in [7, 11) is 0. The first-order chi connectivity index (χ1) is 13.4. The summed E-state index contributed by atoms with van der Waals surface area (Å²) in [5.41, 5.74) is 2.08. The van der Waals surface area contributed by atoms with E-state index >= 15 is 0 Å². The third-order valence-corrected chi connectivity index (χ3v) is 5.92. The lowest BCUT2D eigenvalue weighted by Crippen LogP contribution is -2.14. The molecule has 2 heterocycles. The summed E-state index contributed by atoms with van der Waals surface area (Å²) in [5, 5.41) is 9.84. The number of carbonyl (C=O) groups is 1. The molecule has 2 atom stereocenters. The van der Waals surface area contributed by atoms with Crippen molar-refractivity contribution in [1.29, 1.82) is 0 Å². The largest absolute Gasteiger partial charge is 0.302 e. The monoisotopic (exact) mass is 402 g/mol. The Bertz CT molecular complexity index is 1270. The van der Waals surface area contributed by atoms with E-state index in [1.165, 1.54) is 24.5 Å². The molecule has 0 saturated heterocycles. The summed E-state index contributed by atoms with van der Waals surface area (Å²) in [6.45, 7) is 1.52. The van der Waals surface area contributed by atoms with E-state index in [1.807, 2.05) is 6.07 Å². The van der Waals surface area contributed by atoms with Crippen molar-refractivity contribution < 1.29 is 18.0 Å². The summed E-state index contributed by atoms with van der Waals surface area (Å²) in [6.07, 6.45) is 0.637. The topological polar surface area (TPSA) is 70.7 Å². The zero-order valence-electron chi connectivity index (χ0n) is 14.5. The van der Waals surface area contributed by atoms with Gasteiger partial charge in [0.25, 0.3) is 0 Å². The first-order valence-corrected chi connectivity index (χ1v) is 9.42. The minimum Gasteiger partial charge on any atom is -0.302 e. The molecule has 0 aliphatic heterocycles. The second-order valence-electron chi connectivity index (χ2n) is 6.84. The van der Waals surface area contributed by atoms with Crippen LogP contribution in [0.25, 0.3) is 32.2 Å². The van der Waals surface area contributed by atoms with Gasteiger partial charge < -0.3 is 5.32 Å². The maximum atomic E-state index is 14.3. The molecule has 0 radical (unpaired) electrons. The number of aromatic nitrogens is 3. The van der Waals surface area contributed by atoms with Gasteiger partial charge in [-0.15, -0.1) is 0 Å². The van der Waals surface area contributed by atoms with Gasteiger partial charge in [0.15, 0.2) is 16.8 Å². The molecule has 2 aromatic heterocycles. The molecule has 5 nitrogen and oxygen atoms in total. The van der Waals surface area contributed by atoms with E-state index in [2.05, 4.69) is 20.5 Å². The van der Waals surface area contributed by atoms with E-state index in [1.54, 1.807) is 12.1 Å². The molecule has 5 rings (SSSR count). The number of amides is 1. The maximum absolute atomic E-state index is 14.3. The fraction of sp³-hybridized carbons (Fsp3) is 0.211. The summed E-state index contributed by atoms with van der Waals surface area (Å²) < 4.78 is 42.3. The van der Waals surface area contributed by atoms with Gasteiger partial charge in [-0.2, -0.15) is 5.10 Å². The molecule has 1 fully saturated rings. The Labute approximate surface area is 160 Å². The summed E-state index contributed by atoms with van der Waals surface area (Å²) >= 11 is 1.24. The number of hydrogen-bond acceptors (Lipinski definition) is 4. The number of halogens is 3. The second kappa shape index (κ2) is 6.03. The first-order valence-electron chi connectivity index (χ1n) is 8.60. The molecule has 0 spiro atoms. The van der Waals surface area contributed by atoms with Crippen molar-refractivity contribution in [2.75, 3.05) is 5.32 Å². The number of alkyl halides is 1. The highest BCUT2D eigenvalue weighted by Gasteiger charge is 2.43. The van der Waals surface area contributed by atoms with E-state index in [0.717, 1.165) is 4.70 Å². The van der Waals surface area contributed by atoms with E-state index in [9.17, 15) is 18.0 Å². The Morgan fingerprint density at radius 2 is 2.11 bits per heavy atom. The minimum absolute atomic E-state index is 0.0145. The number of carbonyl (C=O) groups excluding carboxylic acids is 1. The quantitative estimate of drug-likeness (QED) is 0.521. The van der Waals surface area contributed by atoms with Crippen LogP contribution in [0.4, 0.5) is 18.3 Å². The average molecular weight is 402 g/mol. The predicted molar refractivity (Wildman–Crippen MR) is 101 cm³/mol. The molecule has 0 unspecified atom stereocenters. The Morgan fingerprint density at radius 1 is 1.32 bits per heavy atom. The normalized spacial score (nSPS) is 18.7. The van der Waals surface area contributed by atoms with Crippen LogP contribution in [0.3, 0.4) is 0 Å². The van der Waals surface area contributed by atoms with Crippen LogP contribution in [0.15, 0.2) is 24.4 Å². The fourth-order valence-electron chi connectivity index (χ4n) is 3.37. The van der Waals surface area contributed by atoms with Gasteiger partial charge in [0.2, 0.25) is 5.91 Å². The fourth-order valence-corrected chi connectivity index (χ4v) is 4.28. The van der Waals surface area contributed by atoms with Gasteiger partial charge in [0.1, 0.15) is 11.7 Å². The summed E-state index contributed by atoms with van der Waals surface area (Å²) in [5.74, 6) is -2.84. The molecule has 0 bridgehead atoms. The van der Waals surface area contributed by atoms with E-state index in [0.29, 0.717) is 27.2 Å². The summed E-state index contributed by atoms with van der Waals surface area (Å²) in [6, 6.07) is 5.32. The van der Waals surface area contributed by atoms with Gasteiger partial charge >= 0.3 is 0 Å². The van der Waals surface area contributed by atoms with Gasteiger partial charge in [-0.3, -0.25) is 9.89 Å². The van der Waals surface area contributed by atoms with Crippen LogP contribution in [0, 0.1) is 24.5 Å². The maximum Gasteiger partial charge on any atom is 0.232 e. The number of hydrogen-bond donors (Lipinski definition) is 2. The van der Waals surface area contributed by atoms with Crippen LogP contribution < -0.4 is 5.32 Å². The van der Waals surface area contributed by atoms with Gasteiger partial charge in [-0.05, 0) is 42.2 Å². The summed E-state index contributed by atoms with van der Waals surface area (Å²) in [4.78, 5) is 16.2. The number of nitrogens with one attached hydrogen (secondary N) is 2. The lowest BCUT2D eigenvalue weighted by Gasteiger charge is -2.10. The number of thiazole rings is 1. The van der Waals surface area contributed by atoms with Crippen molar-refractivity contribution in [2.45, 2.75) is 19.5 Å². The number of benzene rings is 2. The standard InChI is InChI=1S/C19H13F3N4OS/c1-7-14(10-6-23-26-17(10)16(22)15(7)21)8-2-3-12-13(4-8)28-19(24-12)25-18(27)9-5-11(9)20/h2-4,6,9,11H,5H2,1H3,(H,23,26)(H,24,25,27)/t9-,11+/m1/s1. The zero-order valence-corrected chi connectivity index (χ0v) is 15.3. The highest BCUT2D eigenvalue weighted by Crippen LogP contribution is 2.38. The van der Waals surface area contributed by atoms with Gasteiger partial charge in [-0.25, -0.2) is 18.2 Å². The first kappa shape index (κ1) is 17.2. The lowest BCUT2D eigenvalue weighted by atomic mass is 9.96. The third kappa shape index (κ3) is 2.57. The smallest absolute Gasteiger partial charge is 0.232 e. The Hall–Kier alpha value is -2.94. The van der Waals surface area contributed by atoms with Crippen molar-refractivity contribution in [3.8, 4) is 11.1 Å². The highest BCUT2D eigenvalue weighted by atomic mass is 32.1. The molecule has 2 N–H and O–H groups in total. The number of rotatable bonds is 3. The lowest BCUT2D eigenvalue weighted by molar-refractivity contribution is -0.117. The molecule has 4 aromatic rings. The molecule has 1 aliphatic carbocycles. The van der Waals surface area contributed by atoms with Crippen LogP contribution in [0.2, 0.25) is 0 Å².